The highest BCUT2D eigenvalue weighted by Gasteiger charge is 2.40. The number of hydrogen-bond donors (Lipinski definition) is 0. The first kappa shape index (κ1) is 20.5. The molecule has 0 spiro atoms. The third-order valence-corrected chi connectivity index (χ3v) is 5.13. The van der Waals surface area contributed by atoms with Gasteiger partial charge in [0.15, 0.2) is 5.82 Å². The van der Waals surface area contributed by atoms with Gasteiger partial charge in [-0.25, -0.2) is 9.97 Å². The summed E-state index contributed by atoms with van der Waals surface area (Å²) in [5.41, 5.74) is 0.952. The van der Waals surface area contributed by atoms with Gasteiger partial charge in [-0.1, -0.05) is 13.8 Å². The molecule has 0 aliphatic carbocycles. The van der Waals surface area contributed by atoms with Gasteiger partial charge in [-0.05, 0) is 12.0 Å². The standard InChI is InChI=1S/C18H22F3N7O2/c1-11(2)12-9-13(23-17(22-12)26-5-7-30-8-6-26)15(29)27-3-4-28-14(10-27)24-25-16(28)18(19,20)21/h9,11H,3-8,10H2,1-2H3. The summed E-state index contributed by atoms with van der Waals surface area (Å²) < 4.78 is 45.5. The lowest BCUT2D eigenvalue weighted by atomic mass is 10.1. The van der Waals surface area contributed by atoms with Gasteiger partial charge >= 0.3 is 6.18 Å². The molecule has 162 valence electrons. The summed E-state index contributed by atoms with van der Waals surface area (Å²) in [5, 5.41) is 6.88. The molecule has 4 rings (SSSR count). The number of carbonyl (C=O) groups is 1. The molecule has 1 amide bonds. The SMILES string of the molecule is CC(C)c1cc(C(=O)N2CCn3c(nnc3C(F)(F)F)C2)nc(N2CCOCC2)n1. The number of alkyl halides is 3. The van der Waals surface area contributed by atoms with Crippen LogP contribution in [0.2, 0.25) is 0 Å². The minimum atomic E-state index is -4.58. The van der Waals surface area contributed by atoms with E-state index in [4.69, 9.17) is 4.74 Å². The number of aromatic nitrogens is 5. The van der Waals surface area contributed by atoms with Crippen LogP contribution >= 0.6 is 0 Å². The van der Waals surface area contributed by atoms with Crippen LogP contribution in [0.3, 0.4) is 0 Å². The Morgan fingerprint density at radius 3 is 2.50 bits per heavy atom. The van der Waals surface area contributed by atoms with Crippen molar-refractivity contribution in [2.45, 2.75) is 39.0 Å². The molecule has 12 heteroatoms. The number of fused-ring (bicyclic) bond motifs is 1. The second-order valence-corrected chi connectivity index (χ2v) is 7.55. The van der Waals surface area contributed by atoms with Crippen molar-refractivity contribution < 1.29 is 22.7 Å². The number of halogens is 3. The molecule has 0 bridgehead atoms. The number of carbonyl (C=O) groups excluding carboxylic acids is 1. The van der Waals surface area contributed by atoms with Crippen LogP contribution in [0.4, 0.5) is 19.1 Å². The third-order valence-electron chi connectivity index (χ3n) is 5.13. The average molecular weight is 425 g/mol. The van der Waals surface area contributed by atoms with Crippen LogP contribution in [0.5, 0.6) is 0 Å². The Morgan fingerprint density at radius 1 is 1.10 bits per heavy atom. The molecule has 0 aromatic carbocycles. The third kappa shape index (κ3) is 3.95. The predicted molar refractivity (Wildman–Crippen MR) is 98.9 cm³/mol. The van der Waals surface area contributed by atoms with Gasteiger partial charge in [0.05, 0.1) is 19.8 Å². The maximum absolute atomic E-state index is 13.1. The van der Waals surface area contributed by atoms with E-state index in [1.807, 2.05) is 18.7 Å². The van der Waals surface area contributed by atoms with E-state index >= 15 is 0 Å². The Morgan fingerprint density at radius 2 is 1.83 bits per heavy atom. The summed E-state index contributed by atoms with van der Waals surface area (Å²) in [6.45, 7) is 6.34. The zero-order valence-electron chi connectivity index (χ0n) is 16.7. The van der Waals surface area contributed by atoms with Crippen molar-refractivity contribution in [2.24, 2.45) is 0 Å². The number of anilines is 1. The van der Waals surface area contributed by atoms with Crippen LogP contribution < -0.4 is 4.90 Å². The Labute approximate surface area is 170 Å². The second-order valence-electron chi connectivity index (χ2n) is 7.55. The van der Waals surface area contributed by atoms with Crippen molar-refractivity contribution >= 4 is 11.9 Å². The molecule has 0 radical (unpaired) electrons. The van der Waals surface area contributed by atoms with E-state index in [9.17, 15) is 18.0 Å². The molecule has 2 aliphatic heterocycles. The Bertz CT molecular complexity index is 938. The summed E-state index contributed by atoms with van der Waals surface area (Å²) in [6.07, 6.45) is -4.58. The fraction of sp³-hybridized carbons (Fsp3) is 0.611. The maximum Gasteiger partial charge on any atom is 0.451 e. The molecule has 2 aromatic heterocycles. The lowest BCUT2D eigenvalue weighted by molar-refractivity contribution is -0.147. The number of amides is 1. The van der Waals surface area contributed by atoms with E-state index < -0.39 is 12.0 Å². The van der Waals surface area contributed by atoms with E-state index in [-0.39, 0.29) is 43.0 Å². The highest BCUT2D eigenvalue weighted by molar-refractivity contribution is 5.92. The molecule has 2 aliphatic rings. The largest absolute Gasteiger partial charge is 0.451 e. The highest BCUT2D eigenvalue weighted by atomic mass is 19.4. The number of ether oxygens (including phenoxy) is 1. The number of hydrogen-bond acceptors (Lipinski definition) is 7. The molecule has 1 saturated heterocycles. The molecule has 4 heterocycles. The van der Waals surface area contributed by atoms with Gasteiger partial charge in [0.1, 0.15) is 5.69 Å². The molecule has 9 nitrogen and oxygen atoms in total. The summed E-state index contributed by atoms with van der Waals surface area (Å²) in [6, 6.07) is 1.65. The zero-order chi connectivity index (χ0) is 21.5. The molecule has 0 saturated carbocycles. The Hall–Kier alpha value is -2.76. The van der Waals surface area contributed by atoms with Crippen LogP contribution in [0.1, 0.15) is 47.6 Å². The number of morpholine rings is 1. The maximum atomic E-state index is 13.1. The van der Waals surface area contributed by atoms with E-state index in [1.54, 1.807) is 6.07 Å². The van der Waals surface area contributed by atoms with Gasteiger partial charge in [0.25, 0.3) is 5.91 Å². The minimum absolute atomic E-state index is 0.0264. The molecule has 0 N–H and O–H groups in total. The van der Waals surface area contributed by atoms with Crippen LogP contribution in [0.15, 0.2) is 6.07 Å². The first-order chi connectivity index (χ1) is 14.2. The first-order valence-electron chi connectivity index (χ1n) is 9.74. The Kier molecular flexibility index (Phi) is 5.35. The normalized spacial score (nSPS) is 17.4. The lowest BCUT2D eigenvalue weighted by Gasteiger charge is -2.29. The smallest absolute Gasteiger partial charge is 0.378 e. The fourth-order valence-electron chi connectivity index (χ4n) is 3.47. The molecule has 1 fully saturated rings. The fourth-order valence-corrected chi connectivity index (χ4v) is 3.47. The lowest BCUT2D eigenvalue weighted by Crippen LogP contribution is -2.41. The number of rotatable bonds is 3. The first-order valence-corrected chi connectivity index (χ1v) is 9.74. The van der Waals surface area contributed by atoms with Crippen molar-refractivity contribution in [3.05, 3.63) is 29.1 Å². The van der Waals surface area contributed by atoms with Crippen LogP contribution in [-0.4, -0.2) is 68.4 Å². The van der Waals surface area contributed by atoms with Crippen molar-refractivity contribution in [3.8, 4) is 0 Å². The summed E-state index contributed by atoms with van der Waals surface area (Å²) in [4.78, 5) is 25.6. The Balaban J connectivity index is 1.60. The number of nitrogens with zero attached hydrogens (tertiary/aromatic N) is 7. The molecular formula is C18H22F3N7O2. The molecule has 2 aromatic rings. The summed E-state index contributed by atoms with van der Waals surface area (Å²) in [7, 11) is 0. The van der Waals surface area contributed by atoms with Crippen LogP contribution in [0, 0.1) is 0 Å². The quantitative estimate of drug-likeness (QED) is 0.740. The van der Waals surface area contributed by atoms with Gasteiger partial charge in [-0.3, -0.25) is 4.79 Å². The van der Waals surface area contributed by atoms with Gasteiger partial charge < -0.3 is 19.1 Å². The van der Waals surface area contributed by atoms with Gasteiger partial charge in [-0.2, -0.15) is 13.2 Å². The van der Waals surface area contributed by atoms with Crippen LogP contribution in [-0.2, 0) is 24.0 Å². The van der Waals surface area contributed by atoms with E-state index in [0.717, 1.165) is 10.3 Å². The monoisotopic (exact) mass is 425 g/mol. The summed E-state index contributed by atoms with van der Waals surface area (Å²) in [5.74, 6) is -0.751. The van der Waals surface area contributed by atoms with Crippen molar-refractivity contribution in [3.63, 3.8) is 0 Å². The predicted octanol–water partition coefficient (Wildman–Crippen LogP) is 1.70. The van der Waals surface area contributed by atoms with Gasteiger partial charge in [-0.15, -0.1) is 10.2 Å². The summed E-state index contributed by atoms with van der Waals surface area (Å²) >= 11 is 0. The van der Waals surface area contributed by atoms with E-state index in [2.05, 4.69) is 20.2 Å². The molecule has 30 heavy (non-hydrogen) atoms. The van der Waals surface area contributed by atoms with Crippen molar-refractivity contribution in [1.29, 1.82) is 0 Å². The molecule has 0 unspecified atom stereocenters. The molecule has 0 atom stereocenters. The average Bonchev–Trinajstić information content (AvgIpc) is 3.17. The van der Waals surface area contributed by atoms with Gasteiger partial charge in [0, 0.05) is 31.9 Å². The second kappa shape index (κ2) is 7.82. The van der Waals surface area contributed by atoms with Crippen molar-refractivity contribution in [1.82, 2.24) is 29.6 Å². The topological polar surface area (TPSA) is 89.3 Å². The zero-order valence-corrected chi connectivity index (χ0v) is 16.7. The van der Waals surface area contributed by atoms with Crippen LogP contribution in [0.25, 0.3) is 0 Å². The van der Waals surface area contributed by atoms with E-state index in [1.165, 1.54) is 4.90 Å². The molecular weight excluding hydrogens is 403 g/mol. The highest BCUT2D eigenvalue weighted by Crippen LogP contribution is 2.29. The minimum Gasteiger partial charge on any atom is -0.378 e. The van der Waals surface area contributed by atoms with Gasteiger partial charge in [0.2, 0.25) is 11.8 Å². The van der Waals surface area contributed by atoms with E-state index in [0.29, 0.717) is 32.3 Å². The van der Waals surface area contributed by atoms with Crippen molar-refractivity contribution in [2.75, 3.05) is 37.7 Å².